The summed E-state index contributed by atoms with van der Waals surface area (Å²) >= 11 is 0. The van der Waals surface area contributed by atoms with Crippen molar-refractivity contribution in [3.05, 3.63) is 28.4 Å². The minimum absolute atomic E-state index is 0.00730. The molecule has 1 aliphatic rings. The Kier molecular flexibility index (Phi) is 5.08. The van der Waals surface area contributed by atoms with Crippen LogP contribution in [-0.4, -0.2) is 35.4 Å². The Morgan fingerprint density at radius 1 is 1.62 bits per heavy atom. The van der Waals surface area contributed by atoms with Crippen LogP contribution in [0.15, 0.2) is 18.3 Å². The summed E-state index contributed by atoms with van der Waals surface area (Å²) in [5.41, 5.74) is -0.00730. The van der Waals surface area contributed by atoms with Crippen molar-refractivity contribution in [3.8, 4) is 0 Å². The van der Waals surface area contributed by atoms with Crippen LogP contribution in [0, 0.1) is 16.0 Å². The third-order valence-electron chi connectivity index (χ3n) is 3.60. The molecule has 114 valence electrons. The van der Waals surface area contributed by atoms with E-state index in [-0.39, 0.29) is 17.5 Å². The lowest BCUT2D eigenvalue weighted by atomic mass is 9.97. The maximum absolute atomic E-state index is 12.1. The normalized spacial score (nSPS) is 18.3. The SMILES string of the molecule is CCCNC(=O)C1CCCN(c2ncccc2[N+](=O)[O-])C1. The second kappa shape index (κ2) is 7.01. The van der Waals surface area contributed by atoms with Gasteiger partial charge < -0.3 is 10.2 Å². The summed E-state index contributed by atoms with van der Waals surface area (Å²) in [4.78, 5) is 28.7. The average Bonchev–Trinajstić information content (AvgIpc) is 2.52. The first-order valence-electron chi connectivity index (χ1n) is 7.25. The highest BCUT2D eigenvalue weighted by molar-refractivity contribution is 5.79. The molecule has 21 heavy (non-hydrogen) atoms. The number of pyridine rings is 1. The van der Waals surface area contributed by atoms with E-state index in [4.69, 9.17) is 0 Å². The molecule has 2 heterocycles. The number of hydrogen-bond acceptors (Lipinski definition) is 5. The van der Waals surface area contributed by atoms with E-state index in [0.717, 1.165) is 19.3 Å². The van der Waals surface area contributed by atoms with Gasteiger partial charge in [0.05, 0.1) is 10.8 Å². The largest absolute Gasteiger partial charge is 0.356 e. The van der Waals surface area contributed by atoms with Crippen LogP contribution in [0.5, 0.6) is 0 Å². The van der Waals surface area contributed by atoms with Gasteiger partial charge in [-0.3, -0.25) is 14.9 Å². The van der Waals surface area contributed by atoms with Crippen LogP contribution in [0.2, 0.25) is 0 Å². The first-order chi connectivity index (χ1) is 10.1. The van der Waals surface area contributed by atoms with E-state index in [1.807, 2.05) is 11.8 Å². The van der Waals surface area contributed by atoms with Gasteiger partial charge in [-0.15, -0.1) is 0 Å². The van der Waals surface area contributed by atoms with Crippen molar-refractivity contribution < 1.29 is 9.72 Å². The van der Waals surface area contributed by atoms with Gasteiger partial charge in [-0.2, -0.15) is 0 Å². The molecule has 1 aromatic heterocycles. The number of rotatable bonds is 5. The molecule has 7 heteroatoms. The van der Waals surface area contributed by atoms with Crippen molar-refractivity contribution in [1.82, 2.24) is 10.3 Å². The molecule has 0 bridgehead atoms. The van der Waals surface area contributed by atoms with Gasteiger partial charge in [-0.1, -0.05) is 6.92 Å². The number of amides is 1. The lowest BCUT2D eigenvalue weighted by Crippen LogP contribution is -2.43. The summed E-state index contributed by atoms with van der Waals surface area (Å²) in [7, 11) is 0. The zero-order valence-electron chi connectivity index (χ0n) is 12.1. The molecule has 1 fully saturated rings. The molecule has 1 amide bonds. The lowest BCUT2D eigenvalue weighted by Gasteiger charge is -2.32. The highest BCUT2D eigenvalue weighted by atomic mass is 16.6. The molecule has 7 nitrogen and oxygen atoms in total. The third-order valence-corrected chi connectivity index (χ3v) is 3.60. The first-order valence-corrected chi connectivity index (χ1v) is 7.25. The maximum atomic E-state index is 12.1. The molecule has 1 saturated heterocycles. The van der Waals surface area contributed by atoms with E-state index in [1.165, 1.54) is 6.07 Å². The molecular weight excluding hydrogens is 272 g/mol. The fourth-order valence-electron chi connectivity index (χ4n) is 2.55. The molecular formula is C14H20N4O3. The highest BCUT2D eigenvalue weighted by Gasteiger charge is 2.29. The Bertz CT molecular complexity index is 521. The van der Waals surface area contributed by atoms with Crippen molar-refractivity contribution in [3.63, 3.8) is 0 Å². The van der Waals surface area contributed by atoms with E-state index in [0.29, 0.717) is 25.5 Å². The van der Waals surface area contributed by atoms with Gasteiger partial charge in [0.25, 0.3) is 0 Å². The second-order valence-corrected chi connectivity index (χ2v) is 5.18. The molecule has 0 spiro atoms. The maximum Gasteiger partial charge on any atom is 0.311 e. The van der Waals surface area contributed by atoms with E-state index < -0.39 is 4.92 Å². The van der Waals surface area contributed by atoms with Crippen LogP contribution < -0.4 is 10.2 Å². The smallest absolute Gasteiger partial charge is 0.311 e. The lowest BCUT2D eigenvalue weighted by molar-refractivity contribution is -0.384. The molecule has 0 saturated carbocycles. The van der Waals surface area contributed by atoms with Gasteiger partial charge in [0.15, 0.2) is 0 Å². The topological polar surface area (TPSA) is 88.4 Å². The van der Waals surface area contributed by atoms with Gasteiger partial charge in [0.2, 0.25) is 11.7 Å². The van der Waals surface area contributed by atoms with Crippen LogP contribution in [0.4, 0.5) is 11.5 Å². The summed E-state index contributed by atoms with van der Waals surface area (Å²) in [6, 6.07) is 3.00. The number of carbonyl (C=O) groups is 1. The highest BCUT2D eigenvalue weighted by Crippen LogP contribution is 2.29. The van der Waals surface area contributed by atoms with Gasteiger partial charge >= 0.3 is 5.69 Å². The molecule has 0 radical (unpaired) electrons. The summed E-state index contributed by atoms with van der Waals surface area (Å²) < 4.78 is 0. The molecule has 1 unspecified atom stereocenters. The first kappa shape index (κ1) is 15.2. The van der Waals surface area contributed by atoms with Crippen LogP contribution >= 0.6 is 0 Å². The van der Waals surface area contributed by atoms with E-state index >= 15 is 0 Å². The number of nitro groups is 1. The van der Waals surface area contributed by atoms with Crippen molar-refractivity contribution in [2.24, 2.45) is 5.92 Å². The van der Waals surface area contributed by atoms with Crippen molar-refractivity contribution in [2.45, 2.75) is 26.2 Å². The molecule has 1 aromatic rings. The number of hydrogen-bond donors (Lipinski definition) is 1. The van der Waals surface area contributed by atoms with Crippen molar-refractivity contribution in [1.29, 1.82) is 0 Å². The summed E-state index contributed by atoms with van der Waals surface area (Å²) in [5.74, 6) is 0.252. The Morgan fingerprint density at radius 2 is 2.43 bits per heavy atom. The standard InChI is InChI=1S/C14H20N4O3/c1-2-7-16-14(19)11-5-4-9-17(10-11)13-12(18(20)21)6-3-8-15-13/h3,6,8,11H,2,4-5,7,9-10H2,1H3,(H,16,19). The number of nitrogens with zero attached hydrogens (tertiary/aromatic N) is 3. The summed E-state index contributed by atoms with van der Waals surface area (Å²) in [6.07, 6.45) is 4.08. The van der Waals surface area contributed by atoms with Gasteiger partial charge in [-0.05, 0) is 25.3 Å². The molecule has 0 aliphatic carbocycles. The van der Waals surface area contributed by atoms with Gasteiger partial charge in [-0.25, -0.2) is 4.98 Å². The predicted molar refractivity (Wildman–Crippen MR) is 79.1 cm³/mol. The van der Waals surface area contributed by atoms with Crippen molar-refractivity contribution in [2.75, 3.05) is 24.5 Å². The number of aromatic nitrogens is 1. The Balaban J connectivity index is 2.11. The van der Waals surface area contributed by atoms with E-state index in [1.54, 1.807) is 12.3 Å². The van der Waals surface area contributed by atoms with Gasteiger partial charge in [0, 0.05) is 31.9 Å². The number of anilines is 1. The minimum Gasteiger partial charge on any atom is -0.356 e. The van der Waals surface area contributed by atoms with Crippen LogP contribution in [0.1, 0.15) is 26.2 Å². The Labute approximate surface area is 123 Å². The van der Waals surface area contributed by atoms with E-state index in [2.05, 4.69) is 10.3 Å². The fourth-order valence-corrected chi connectivity index (χ4v) is 2.55. The molecule has 1 N–H and O–H groups in total. The van der Waals surface area contributed by atoms with Crippen molar-refractivity contribution >= 4 is 17.4 Å². The van der Waals surface area contributed by atoms with Gasteiger partial charge in [0.1, 0.15) is 0 Å². The predicted octanol–water partition coefficient (Wildman–Crippen LogP) is 1.73. The van der Waals surface area contributed by atoms with Crippen LogP contribution in [-0.2, 0) is 4.79 Å². The third kappa shape index (κ3) is 3.68. The van der Waals surface area contributed by atoms with E-state index in [9.17, 15) is 14.9 Å². The zero-order chi connectivity index (χ0) is 15.2. The number of nitrogens with one attached hydrogen (secondary N) is 1. The molecule has 1 atom stereocenters. The molecule has 2 rings (SSSR count). The average molecular weight is 292 g/mol. The number of carbonyl (C=O) groups excluding carboxylic acids is 1. The van der Waals surface area contributed by atoms with Crippen LogP contribution in [0.25, 0.3) is 0 Å². The second-order valence-electron chi connectivity index (χ2n) is 5.18. The van der Waals surface area contributed by atoms with Crippen LogP contribution in [0.3, 0.4) is 0 Å². The quantitative estimate of drug-likeness (QED) is 0.659. The Hall–Kier alpha value is -2.18. The fraction of sp³-hybridized carbons (Fsp3) is 0.571. The monoisotopic (exact) mass is 292 g/mol. The Morgan fingerprint density at radius 3 is 3.14 bits per heavy atom. The zero-order valence-corrected chi connectivity index (χ0v) is 12.1. The number of piperidine rings is 1. The minimum atomic E-state index is -0.427. The summed E-state index contributed by atoms with van der Waals surface area (Å²) in [5, 5.41) is 14.0. The molecule has 1 aliphatic heterocycles. The summed E-state index contributed by atoms with van der Waals surface area (Å²) in [6.45, 7) is 3.84. The molecule has 0 aromatic carbocycles.